The first kappa shape index (κ1) is 14.9. The van der Waals surface area contributed by atoms with Gasteiger partial charge < -0.3 is 9.47 Å². The molecule has 2 aromatic carbocycles. The van der Waals surface area contributed by atoms with Gasteiger partial charge in [-0.2, -0.15) is 0 Å². The molecule has 3 rings (SSSR count). The maximum absolute atomic E-state index is 5.95. The van der Waals surface area contributed by atoms with Crippen LogP contribution in [-0.4, -0.2) is 24.8 Å². The van der Waals surface area contributed by atoms with E-state index in [0.717, 1.165) is 44.0 Å². The van der Waals surface area contributed by atoms with Gasteiger partial charge in [-0.05, 0) is 24.5 Å². The molecule has 0 spiro atoms. The average Bonchev–Trinajstić information content (AvgIpc) is 2.58. The molecular formula is C19H23NO2. The van der Waals surface area contributed by atoms with Gasteiger partial charge in [-0.3, -0.25) is 4.90 Å². The Labute approximate surface area is 132 Å². The minimum absolute atomic E-state index is 0.631. The van der Waals surface area contributed by atoms with Crippen molar-refractivity contribution in [3.8, 4) is 11.5 Å². The summed E-state index contributed by atoms with van der Waals surface area (Å²) in [6, 6.07) is 16.8. The molecule has 0 N–H and O–H groups in total. The first-order valence-corrected chi connectivity index (χ1v) is 8.00. The number of benzene rings is 2. The number of rotatable bonds is 6. The van der Waals surface area contributed by atoms with Gasteiger partial charge in [-0.1, -0.05) is 49.4 Å². The van der Waals surface area contributed by atoms with Gasteiger partial charge in [0.2, 0.25) is 0 Å². The van der Waals surface area contributed by atoms with Crippen LogP contribution in [0.5, 0.6) is 11.5 Å². The number of para-hydroxylation sites is 1. The molecule has 0 saturated carbocycles. The van der Waals surface area contributed by atoms with E-state index in [1.165, 1.54) is 11.1 Å². The summed E-state index contributed by atoms with van der Waals surface area (Å²) in [5.41, 5.74) is 2.58. The van der Waals surface area contributed by atoms with Crippen LogP contribution in [0.25, 0.3) is 0 Å². The third-order valence-corrected chi connectivity index (χ3v) is 3.87. The second kappa shape index (κ2) is 7.32. The van der Waals surface area contributed by atoms with Crippen LogP contribution in [0, 0.1) is 0 Å². The molecule has 116 valence electrons. The van der Waals surface area contributed by atoms with Crippen LogP contribution in [0.15, 0.2) is 48.5 Å². The largest absolute Gasteiger partial charge is 0.490 e. The number of fused-ring (bicyclic) bond motifs is 1. The zero-order valence-electron chi connectivity index (χ0n) is 13.1. The van der Waals surface area contributed by atoms with E-state index in [9.17, 15) is 0 Å². The van der Waals surface area contributed by atoms with E-state index < -0.39 is 0 Å². The van der Waals surface area contributed by atoms with Gasteiger partial charge in [-0.15, -0.1) is 0 Å². The second-order valence-corrected chi connectivity index (χ2v) is 5.65. The van der Waals surface area contributed by atoms with Crippen molar-refractivity contribution >= 4 is 0 Å². The van der Waals surface area contributed by atoms with Crippen molar-refractivity contribution in [2.45, 2.75) is 26.3 Å². The number of ether oxygens (including phenoxy) is 2. The van der Waals surface area contributed by atoms with Crippen molar-refractivity contribution in [1.82, 2.24) is 4.90 Å². The highest BCUT2D eigenvalue weighted by Gasteiger charge is 2.20. The maximum atomic E-state index is 5.95. The summed E-state index contributed by atoms with van der Waals surface area (Å²) < 4.78 is 11.7. The van der Waals surface area contributed by atoms with Gasteiger partial charge in [0.15, 0.2) is 11.5 Å². The average molecular weight is 297 g/mol. The molecule has 3 nitrogen and oxygen atoms in total. The first-order valence-electron chi connectivity index (χ1n) is 8.00. The highest BCUT2D eigenvalue weighted by Crippen LogP contribution is 2.34. The number of hydrogen-bond acceptors (Lipinski definition) is 3. The Bertz CT molecular complexity index is 598. The Kier molecular flexibility index (Phi) is 4.96. The first-order chi connectivity index (χ1) is 10.9. The van der Waals surface area contributed by atoms with E-state index in [1.807, 2.05) is 12.1 Å². The third-order valence-electron chi connectivity index (χ3n) is 3.87. The molecule has 2 aromatic rings. The molecule has 22 heavy (non-hydrogen) atoms. The summed E-state index contributed by atoms with van der Waals surface area (Å²) >= 11 is 0. The van der Waals surface area contributed by atoms with Crippen LogP contribution >= 0.6 is 0 Å². The van der Waals surface area contributed by atoms with Crippen molar-refractivity contribution in [1.29, 1.82) is 0 Å². The van der Waals surface area contributed by atoms with E-state index >= 15 is 0 Å². The van der Waals surface area contributed by atoms with E-state index in [-0.39, 0.29) is 0 Å². The maximum Gasteiger partial charge on any atom is 0.167 e. The van der Waals surface area contributed by atoms with Gasteiger partial charge in [0.25, 0.3) is 0 Å². The second-order valence-electron chi connectivity index (χ2n) is 5.65. The molecule has 0 aliphatic carbocycles. The van der Waals surface area contributed by atoms with E-state index in [4.69, 9.17) is 9.47 Å². The van der Waals surface area contributed by atoms with Gasteiger partial charge in [0.1, 0.15) is 6.73 Å². The molecule has 0 saturated heterocycles. The van der Waals surface area contributed by atoms with E-state index in [2.05, 4.69) is 48.2 Å². The quantitative estimate of drug-likeness (QED) is 0.808. The van der Waals surface area contributed by atoms with Crippen LogP contribution in [0.1, 0.15) is 24.5 Å². The highest BCUT2D eigenvalue weighted by atomic mass is 16.5. The zero-order chi connectivity index (χ0) is 15.2. The van der Waals surface area contributed by atoms with Gasteiger partial charge in [0.05, 0.1) is 6.61 Å². The molecule has 0 bridgehead atoms. The Morgan fingerprint density at radius 3 is 2.77 bits per heavy atom. The molecule has 0 aromatic heterocycles. The molecule has 3 heteroatoms. The van der Waals surface area contributed by atoms with Crippen LogP contribution in [0.4, 0.5) is 0 Å². The molecular weight excluding hydrogens is 274 g/mol. The summed E-state index contributed by atoms with van der Waals surface area (Å²) in [6.07, 6.45) is 2.05. The van der Waals surface area contributed by atoms with Crippen molar-refractivity contribution in [3.63, 3.8) is 0 Å². The standard InChI is InChI=1S/C19H23NO2/c1-2-13-21-18-10-6-9-17-14-20(15-22-19(17)18)12-11-16-7-4-3-5-8-16/h3-10H,2,11-15H2,1H3. The zero-order valence-corrected chi connectivity index (χ0v) is 13.1. The summed E-state index contributed by atoms with van der Waals surface area (Å²) in [5.74, 6) is 1.80. The predicted molar refractivity (Wildman–Crippen MR) is 88.3 cm³/mol. The van der Waals surface area contributed by atoms with Gasteiger partial charge in [-0.25, -0.2) is 0 Å². The summed E-state index contributed by atoms with van der Waals surface area (Å²) in [7, 11) is 0. The molecule has 0 unspecified atom stereocenters. The van der Waals surface area contributed by atoms with E-state index in [1.54, 1.807) is 0 Å². The Hall–Kier alpha value is -2.00. The molecule has 0 radical (unpaired) electrons. The van der Waals surface area contributed by atoms with E-state index in [0.29, 0.717) is 6.73 Å². The molecule has 0 fully saturated rings. The molecule has 0 amide bonds. The lowest BCUT2D eigenvalue weighted by Gasteiger charge is -2.30. The molecule has 1 heterocycles. The molecule has 0 atom stereocenters. The van der Waals surface area contributed by atoms with Gasteiger partial charge in [0, 0.05) is 18.7 Å². The fourth-order valence-electron chi connectivity index (χ4n) is 2.69. The number of hydrogen-bond donors (Lipinski definition) is 0. The van der Waals surface area contributed by atoms with Crippen LogP contribution < -0.4 is 9.47 Å². The lowest BCUT2D eigenvalue weighted by Crippen LogP contribution is -2.33. The fraction of sp³-hybridized carbons (Fsp3) is 0.368. The Balaban J connectivity index is 1.61. The summed E-state index contributed by atoms with van der Waals surface area (Å²) in [5, 5.41) is 0. The molecule has 1 aliphatic rings. The third kappa shape index (κ3) is 3.60. The lowest BCUT2D eigenvalue weighted by atomic mass is 10.1. The van der Waals surface area contributed by atoms with Crippen molar-refractivity contribution in [2.24, 2.45) is 0 Å². The van der Waals surface area contributed by atoms with Crippen molar-refractivity contribution in [3.05, 3.63) is 59.7 Å². The summed E-state index contributed by atoms with van der Waals surface area (Å²) in [6.45, 7) is 5.40. The minimum atomic E-state index is 0.631. The molecule has 1 aliphatic heterocycles. The monoisotopic (exact) mass is 297 g/mol. The topological polar surface area (TPSA) is 21.7 Å². The Morgan fingerprint density at radius 2 is 1.95 bits per heavy atom. The highest BCUT2D eigenvalue weighted by molar-refractivity contribution is 5.47. The summed E-state index contributed by atoms with van der Waals surface area (Å²) in [4.78, 5) is 2.33. The van der Waals surface area contributed by atoms with Crippen LogP contribution in [0.2, 0.25) is 0 Å². The van der Waals surface area contributed by atoms with Crippen molar-refractivity contribution < 1.29 is 9.47 Å². The number of nitrogens with zero attached hydrogens (tertiary/aromatic N) is 1. The lowest BCUT2D eigenvalue weighted by molar-refractivity contribution is 0.0918. The smallest absolute Gasteiger partial charge is 0.167 e. The normalized spacial score (nSPS) is 14.2. The Morgan fingerprint density at radius 1 is 1.09 bits per heavy atom. The minimum Gasteiger partial charge on any atom is -0.490 e. The predicted octanol–water partition coefficient (Wildman–Crippen LogP) is 3.87. The van der Waals surface area contributed by atoms with Gasteiger partial charge >= 0.3 is 0 Å². The van der Waals surface area contributed by atoms with Crippen LogP contribution in [-0.2, 0) is 13.0 Å². The fourth-order valence-corrected chi connectivity index (χ4v) is 2.69. The van der Waals surface area contributed by atoms with Crippen molar-refractivity contribution in [2.75, 3.05) is 19.9 Å². The SMILES string of the molecule is CCCOc1cccc2c1OCN(CCc1ccccc1)C2. The van der Waals surface area contributed by atoms with Crippen LogP contribution in [0.3, 0.4) is 0 Å².